The molecule has 1 saturated heterocycles. The Morgan fingerprint density at radius 1 is 1.19 bits per heavy atom. The fourth-order valence-electron chi connectivity index (χ4n) is 3.06. The van der Waals surface area contributed by atoms with Crippen LogP contribution in [0.1, 0.15) is 50.4 Å². The molecule has 0 bridgehead atoms. The fraction of sp³-hybridized carbons (Fsp3) is 0.632. The lowest BCUT2D eigenvalue weighted by Crippen LogP contribution is -2.40. The predicted molar refractivity (Wildman–Crippen MR) is 111 cm³/mol. The molecule has 27 heavy (non-hydrogen) atoms. The number of hydrogen-bond acceptors (Lipinski definition) is 4. The second-order valence-electron chi connectivity index (χ2n) is 7.00. The van der Waals surface area contributed by atoms with Crippen molar-refractivity contribution in [2.24, 2.45) is 5.92 Å². The maximum atomic E-state index is 12.7. The van der Waals surface area contributed by atoms with Crippen molar-refractivity contribution in [2.45, 2.75) is 51.0 Å². The van der Waals surface area contributed by atoms with E-state index in [1.807, 2.05) is 18.7 Å². The highest BCUT2D eigenvalue weighted by molar-refractivity contribution is 7.89. The van der Waals surface area contributed by atoms with E-state index in [1.165, 1.54) is 12.1 Å². The van der Waals surface area contributed by atoms with Crippen LogP contribution >= 0.6 is 12.4 Å². The summed E-state index contributed by atoms with van der Waals surface area (Å²) >= 11 is 0. The van der Waals surface area contributed by atoms with Crippen molar-refractivity contribution < 1.29 is 13.2 Å². The summed E-state index contributed by atoms with van der Waals surface area (Å²) in [5.41, 5.74) is 0.539. The Bertz CT molecular complexity index is 687. The minimum absolute atomic E-state index is 0. The van der Waals surface area contributed by atoms with E-state index in [4.69, 9.17) is 0 Å². The van der Waals surface area contributed by atoms with Crippen molar-refractivity contribution in [1.29, 1.82) is 0 Å². The van der Waals surface area contributed by atoms with Crippen molar-refractivity contribution in [3.05, 3.63) is 29.8 Å². The van der Waals surface area contributed by atoms with Crippen LogP contribution in [0, 0.1) is 5.92 Å². The van der Waals surface area contributed by atoms with Crippen molar-refractivity contribution in [3.8, 4) is 0 Å². The zero-order valence-corrected chi connectivity index (χ0v) is 18.0. The first-order chi connectivity index (χ1) is 12.4. The summed E-state index contributed by atoms with van der Waals surface area (Å²) in [5, 5.41) is 3.37. The van der Waals surface area contributed by atoms with Crippen LogP contribution in [0.2, 0.25) is 0 Å². The number of benzene rings is 1. The molecule has 154 valence electrons. The maximum Gasteiger partial charge on any atom is 0.253 e. The number of halogens is 1. The number of amides is 1. The van der Waals surface area contributed by atoms with Crippen LogP contribution in [0.25, 0.3) is 0 Å². The van der Waals surface area contributed by atoms with Crippen LogP contribution in [-0.4, -0.2) is 51.4 Å². The van der Waals surface area contributed by atoms with Gasteiger partial charge in [-0.1, -0.05) is 13.8 Å². The quantitative estimate of drug-likeness (QED) is 0.681. The van der Waals surface area contributed by atoms with Gasteiger partial charge in [-0.3, -0.25) is 4.79 Å². The van der Waals surface area contributed by atoms with Gasteiger partial charge in [-0.05, 0) is 69.5 Å². The van der Waals surface area contributed by atoms with Crippen LogP contribution in [0.5, 0.6) is 0 Å². The molecule has 2 rings (SSSR count). The summed E-state index contributed by atoms with van der Waals surface area (Å²) in [4.78, 5) is 14.7. The van der Waals surface area contributed by atoms with Gasteiger partial charge in [0.15, 0.2) is 0 Å². The smallest absolute Gasteiger partial charge is 0.253 e. The summed E-state index contributed by atoms with van der Waals surface area (Å²) in [6, 6.07) is 6.12. The highest BCUT2D eigenvalue weighted by atomic mass is 35.5. The Morgan fingerprint density at radius 3 is 2.30 bits per heavy atom. The molecule has 1 fully saturated rings. The van der Waals surface area contributed by atoms with Gasteiger partial charge in [0.05, 0.1) is 4.90 Å². The van der Waals surface area contributed by atoms with Gasteiger partial charge < -0.3 is 10.2 Å². The molecule has 1 unspecified atom stereocenters. The lowest BCUT2D eigenvalue weighted by Gasteiger charge is -2.32. The van der Waals surface area contributed by atoms with Gasteiger partial charge in [0.1, 0.15) is 0 Å². The summed E-state index contributed by atoms with van der Waals surface area (Å²) < 4.78 is 27.2. The minimum Gasteiger partial charge on any atom is -0.339 e. The van der Waals surface area contributed by atoms with Gasteiger partial charge in [0.2, 0.25) is 10.0 Å². The molecule has 0 saturated carbocycles. The molecular formula is C19H32ClN3O3S. The molecule has 1 atom stereocenters. The number of piperidine rings is 1. The third kappa shape index (κ3) is 6.75. The van der Waals surface area contributed by atoms with Gasteiger partial charge in [-0.25, -0.2) is 13.1 Å². The van der Waals surface area contributed by atoms with Gasteiger partial charge in [0.25, 0.3) is 5.91 Å². The number of nitrogens with one attached hydrogen (secondary N) is 2. The van der Waals surface area contributed by atoms with Crippen LogP contribution in [-0.2, 0) is 10.0 Å². The van der Waals surface area contributed by atoms with Crippen LogP contribution in [0.3, 0.4) is 0 Å². The predicted octanol–water partition coefficient (Wildman–Crippen LogP) is 2.65. The average Bonchev–Trinajstić information content (AvgIpc) is 2.66. The molecule has 0 aliphatic carbocycles. The average molecular weight is 418 g/mol. The Labute approximate surface area is 169 Å². The Kier molecular flexibility index (Phi) is 9.73. The third-order valence-corrected chi connectivity index (χ3v) is 6.57. The summed E-state index contributed by atoms with van der Waals surface area (Å²) in [5.74, 6) is 0.601. The van der Waals surface area contributed by atoms with Crippen LogP contribution in [0.15, 0.2) is 29.2 Å². The number of sulfonamides is 1. The maximum absolute atomic E-state index is 12.7. The summed E-state index contributed by atoms with van der Waals surface area (Å²) in [7, 11) is -3.54. The molecule has 2 N–H and O–H groups in total. The molecule has 0 radical (unpaired) electrons. The molecule has 0 spiro atoms. The zero-order valence-electron chi connectivity index (χ0n) is 16.4. The molecule has 1 aromatic rings. The Hall–Kier alpha value is -1.15. The molecule has 6 nitrogen and oxygen atoms in total. The number of likely N-dealkylation sites (tertiary alicyclic amines) is 1. The number of hydrogen-bond donors (Lipinski definition) is 2. The van der Waals surface area contributed by atoms with Gasteiger partial charge in [-0.2, -0.15) is 0 Å². The van der Waals surface area contributed by atoms with Crippen molar-refractivity contribution in [3.63, 3.8) is 0 Å². The lowest BCUT2D eigenvalue weighted by atomic mass is 9.96. The van der Waals surface area contributed by atoms with E-state index < -0.39 is 10.0 Å². The van der Waals surface area contributed by atoms with Gasteiger partial charge in [0, 0.05) is 24.7 Å². The molecule has 1 aliphatic rings. The molecule has 1 amide bonds. The second kappa shape index (κ2) is 11.0. The number of carbonyl (C=O) groups excluding carboxylic acids is 1. The minimum atomic E-state index is -3.54. The number of carbonyl (C=O) groups is 1. The first kappa shape index (κ1) is 23.9. The highest BCUT2D eigenvalue weighted by Crippen LogP contribution is 2.19. The lowest BCUT2D eigenvalue weighted by molar-refractivity contribution is 0.0690. The molecular weight excluding hydrogens is 386 g/mol. The molecule has 8 heteroatoms. The molecule has 1 heterocycles. The van der Waals surface area contributed by atoms with E-state index in [0.29, 0.717) is 11.5 Å². The van der Waals surface area contributed by atoms with E-state index in [-0.39, 0.29) is 29.3 Å². The second-order valence-corrected chi connectivity index (χ2v) is 8.71. The number of nitrogens with zero attached hydrogens (tertiary/aromatic N) is 1. The van der Waals surface area contributed by atoms with Crippen molar-refractivity contribution in [2.75, 3.05) is 26.2 Å². The van der Waals surface area contributed by atoms with E-state index in [1.54, 1.807) is 12.1 Å². The van der Waals surface area contributed by atoms with E-state index in [2.05, 4.69) is 17.0 Å². The van der Waals surface area contributed by atoms with E-state index in [9.17, 15) is 13.2 Å². The number of rotatable bonds is 8. The first-order valence-corrected chi connectivity index (χ1v) is 11.0. The van der Waals surface area contributed by atoms with Crippen molar-refractivity contribution in [1.82, 2.24) is 14.9 Å². The Balaban J connectivity index is 0.00000364. The Morgan fingerprint density at radius 2 is 1.78 bits per heavy atom. The first-order valence-electron chi connectivity index (χ1n) is 9.49. The van der Waals surface area contributed by atoms with E-state index >= 15 is 0 Å². The van der Waals surface area contributed by atoms with Crippen molar-refractivity contribution >= 4 is 28.3 Å². The fourth-order valence-corrected chi connectivity index (χ4v) is 4.39. The molecule has 0 aromatic heterocycles. The standard InChI is InChI=1S/C19H31N3O3S.ClH/c1-4-15(3)21-26(24,25)18-8-6-17(7-9-18)19(23)22-12-10-16(11-13-22)14-20-5-2;/h6-9,15-16,20-21H,4-5,10-14H2,1-3H3;1H. The monoisotopic (exact) mass is 417 g/mol. The highest BCUT2D eigenvalue weighted by Gasteiger charge is 2.24. The van der Waals surface area contributed by atoms with E-state index in [0.717, 1.165) is 45.4 Å². The summed E-state index contributed by atoms with van der Waals surface area (Å²) in [6.07, 6.45) is 2.73. The van der Waals surface area contributed by atoms with Crippen LogP contribution in [0.4, 0.5) is 0 Å². The summed E-state index contributed by atoms with van der Waals surface area (Å²) in [6.45, 7) is 9.34. The third-order valence-electron chi connectivity index (χ3n) is 4.97. The van der Waals surface area contributed by atoms with Gasteiger partial charge in [-0.15, -0.1) is 12.4 Å². The van der Waals surface area contributed by atoms with Gasteiger partial charge >= 0.3 is 0 Å². The van der Waals surface area contributed by atoms with Crippen LogP contribution < -0.4 is 10.0 Å². The SMILES string of the molecule is CCNCC1CCN(C(=O)c2ccc(S(=O)(=O)NC(C)CC)cc2)CC1.Cl. The molecule has 1 aliphatic heterocycles. The largest absolute Gasteiger partial charge is 0.339 e. The zero-order chi connectivity index (χ0) is 19.2. The normalized spacial score (nSPS) is 16.6. The molecule has 1 aromatic carbocycles. The topological polar surface area (TPSA) is 78.5 Å².